The third kappa shape index (κ3) is 18.9. The fourth-order valence-electron chi connectivity index (χ4n) is 4.52. The Kier molecular flexibility index (Phi) is 26.9. The van der Waals surface area contributed by atoms with Gasteiger partial charge in [-0.3, -0.25) is 0 Å². The lowest BCUT2D eigenvalue weighted by Crippen LogP contribution is -3.00. The van der Waals surface area contributed by atoms with Crippen LogP contribution in [-0.2, 0) is 0 Å². The van der Waals surface area contributed by atoms with Crippen molar-refractivity contribution in [2.24, 2.45) is 0 Å². The predicted octanol–water partition coefficient (Wildman–Crippen LogP) is 7.11. The average molecular weight is 480 g/mol. The lowest BCUT2D eigenvalue weighted by molar-refractivity contribution is -0.00000624. The zero-order chi connectivity index (χ0) is 20.1. The average Bonchev–Trinajstić information content (AvgIpc) is 2.67. The Balaban J connectivity index is 0. The number of halogens is 1. The smallest absolute Gasteiger partial charge is 0.0594 e. The fraction of sp³-hybridized carbons (Fsp3) is 1.00. The summed E-state index contributed by atoms with van der Waals surface area (Å²) in [6, 6.07) is 0. The molecule has 0 saturated carbocycles. The molecule has 0 aliphatic rings. The molecule has 0 amide bonds. The van der Waals surface area contributed by atoms with E-state index >= 15 is 0 Å². The van der Waals surface area contributed by atoms with Gasteiger partial charge in [0.05, 0.1) is 24.6 Å². The van der Waals surface area contributed by atoms with E-state index in [-0.39, 0.29) is 17.0 Å². The standard InChI is InChI=1S/C26H56P.BrH/c1-5-9-13-14-15-16-17-18-22-26-27(23-19-10-6-2,24-20-11-7-3)25-21-12-8-4;/h5-26H2,1-4H3;1H/q+1;/p-1. The molecule has 0 N–H and O–H groups in total. The van der Waals surface area contributed by atoms with Gasteiger partial charge in [-0.15, -0.1) is 0 Å². The summed E-state index contributed by atoms with van der Waals surface area (Å²) in [4.78, 5) is 0. The third-order valence-corrected chi connectivity index (χ3v) is 11.5. The van der Waals surface area contributed by atoms with Crippen LogP contribution in [0.1, 0.15) is 143 Å². The minimum Gasteiger partial charge on any atom is -1.00 e. The Labute approximate surface area is 191 Å². The molecule has 0 saturated heterocycles. The molecular formula is C26H56BrP. The van der Waals surface area contributed by atoms with Crippen LogP contribution < -0.4 is 17.0 Å². The second kappa shape index (κ2) is 24.2. The molecule has 0 bridgehead atoms. The van der Waals surface area contributed by atoms with Crippen LogP contribution in [0.15, 0.2) is 0 Å². The molecule has 0 nitrogen and oxygen atoms in total. The van der Waals surface area contributed by atoms with Crippen LogP contribution >= 0.6 is 7.26 Å². The molecule has 0 aromatic rings. The molecule has 0 aliphatic heterocycles. The quantitative estimate of drug-likeness (QED) is 0.115. The first-order chi connectivity index (χ1) is 13.2. The highest BCUT2D eigenvalue weighted by Gasteiger charge is 2.34. The van der Waals surface area contributed by atoms with Crippen LogP contribution in [0.5, 0.6) is 0 Å². The van der Waals surface area contributed by atoms with Gasteiger partial charge in [0.2, 0.25) is 0 Å². The van der Waals surface area contributed by atoms with Crippen molar-refractivity contribution in [3.05, 3.63) is 0 Å². The molecule has 28 heavy (non-hydrogen) atoms. The third-order valence-electron chi connectivity index (χ3n) is 6.44. The minimum atomic E-state index is -0.656. The van der Waals surface area contributed by atoms with Crippen molar-refractivity contribution in [3.8, 4) is 0 Å². The van der Waals surface area contributed by atoms with E-state index in [0.717, 1.165) is 0 Å². The SMILES string of the molecule is CCCCCCCCCCC[P+](CCCCC)(CCCCC)CCCCC.[Br-]. The van der Waals surface area contributed by atoms with Gasteiger partial charge < -0.3 is 17.0 Å². The second-order valence-electron chi connectivity index (χ2n) is 9.19. The van der Waals surface area contributed by atoms with Gasteiger partial charge in [0, 0.05) is 7.26 Å². The van der Waals surface area contributed by atoms with E-state index in [1.165, 1.54) is 109 Å². The molecule has 0 unspecified atom stereocenters. The van der Waals surface area contributed by atoms with Crippen LogP contribution in [0.25, 0.3) is 0 Å². The Morgan fingerprint density at radius 2 is 0.536 bits per heavy atom. The van der Waals surface area contributed by atoms with Gasteiger partial charge in [0.1, 0.15) is 0 Å². The lowest BCUT2D eigenvalue weighted by atomic mass is 10.1. The topological polar surface area (TPSA) is 0 Å². The number of hydrogen-bond donors (Lipinski definition) is 0. The van der Waals surface area contributed by atoms with Crippen LogP contribution in [0, 0.1) is 0 Å². The zero-order valence-corrected chi connectivity index (χ0v) is 22.9. The van der Waals surface area contributed by atoms with E-state index in [1.807, 2.05) is 0 Å². The van der Waals surface area contributed by atoms with E-state index in [9.17, 15) is 0 Å². The van der Waals surface area contributed by atoms with Crippen LogP contribution in [0.2, 0.25) is 0 Å². The summed E-state index contributed by atoms with van der Waals surface area (Å²) in [7, 11) is -0.656. The number of unbranched alkanes of at least 4 members (excludes halogenated alkanes) is 14. The van der Waals surface area contributed by atoms with Crippen molar-refractivity contribution in [2.45, 2.75) is 143 Å². The fourth-order valence-corrected chi connectivity index (χ4v) is 9.44. The number of rotatable bonds is 22. The molecule has 172 valence electrons. The van der Waals surface area contributed by atoms with E-state index < -0.39 is 7.26 Å². The summed E-state index contributed by atoms with van der Waals surface area (Å²) in [5.41, 5.74) is 0. The normalized spacial score (nSPS) is 11.6. The number of hydrogen-bond acceptors (Lipinski definition) is 0. The first-order valence-corrected chi connectivity index (χ1v) is 15.6. The van der Waals surface area contributed by atoms with E-state index in [2.05, 4.69) is 27.7 Å². The molecule has 0 aliphatic carbocycles. The molecule has 0 aromatic heterocycles. The summed E-state index contributed by atoms with van der Waals surface area (Å²) in [5, 5.41) is 0. The largest absolute Gasteiger partial charge is 1.00 e. The summed E-state index contributed by atoms with van der Waals surface area (Å²) < 4.78 is 0. The van der Waals surface area contributed by atoms with Crippen molar-refractivity contribution >= 4 is 7.26 Å². The zero-order valence-electron chi connectivity index (χ0n) is 20.4. The lowest BCUT2D eigenvalue weighted by Gasteiger charge is -2.28. The molecule has 0 radical (unpaired) electrons. The maximum Gasteiger partial charge on any atom is 0.0594 e. The monoisotopic (exact) mass is 478 g/mol. The minimum absolute atomic E-state index is 0. The van der Waals surface area contributed by atoms with E-state index in [0.29, 0.717) is 0 Å². The molecular weight excluding hydrogens is 423 g/mol. The maximum atomic E-state index is 2.37. The Morgan fingerprint density at radius 1 is 0.321 bits per heavy atom. The van der Waals surface area contributed by atoms with Gasteiger partial charge in [-0.1, -0.05) is 111 Å². The van der Waals surface area contributed by atoms with Gasteiger partial charge in [0.15, 0.2) is 0 Å². The summed E-state index contributed by atoms with van der Waals surface area (Å²) in [6.45, 7) is 9.43. The van der Waals surface area contributed by atoms with Gasteiger partial charge >= 0.3 is 0 Å². The Bertz CT molecular complexity index is 253. The predicted molar refractivity (Wildman–Crippen MR) is 132 cm³/mol. The van der Waals surface area contributed by atoms with Crippen LogP contribution in [-0.4, -0.2) is 24.6 Å². The Hall–Kier alpha value is 0.910. The summed E-state index contributed by atoms with van der Waals surface area (Å²) in [6.07, 6.45) is 33.0. The van der Waals surface area contributed by atoms with Gasteiger partial charge in [-0.2, -0.15) is 0 Å². The first kappa shape index (κ1) is 31.1. The van der Waals surface area contributed by atoms with E-state index in [1.54, 1.807) is 31.1 Å². The van der Waals surface area contributed by atoms with Gasteiger partial charge in [0.25, 0.3) is 0 Å². The van der Waals surface area contributed by atoms with Gasteiger partial charge in [-0.25, -0.2) is 0 Å². The molecule has 0 fully saturated rings. The molecule has 0 heterocycles. The van der Waals surface area contributed by atoms with Gasteiger partial charge in [-0.05, 0) is 32.1 Å². The maximum absolute atomic E-state index is 2.37. The van der Waals surface area contributed by atoms with Crippen LogP contribution in [0.3, 0.4) is 0 Å². The summed E-state index contributed by atoms with van der Waals surface area (Å²) in [5.74, 6) is 0. The van der Waals surface area contributed by atoms with Crippen molar-refractivity contribution in [2.75, 3.05) is 24.6 Å². The van der Waals surface area contributed by atoms with Crippen molar-refractivity contribution in [1.82, 2.24) is 0 Å². The van der Waals surface area contributed by atoms with Crippen LogP contribution in [0.4, 0.5) is 0 Å². The summed E-state index contributed by atoms with van der Waals surface area (Å²) >= 11 is 0. The van der Waals surface area contributed by atoms with Crippen molar-refractivity contribution < 1.29 is 17.0 Å². The molecule has 0 rings (SSSR count). The molecule has 2 heteroatoms. The molecule has 0 aromatic carbocycles. The van der Waals surface area contributed by atoms with Crippen molar-refractivity contribution in [1.29, 1.82) is 0 Å². The highest BCUT2D eigenvalue weighted by molar-refractivity contribution is 7.75. The molecule has 0 atom stereocenters. The van der Waals surface area contributed by atoms with Crippen molar-refractivity contribution in [3.63, 3.8) is 0 Å². The highest BCUT2D eigenvalue weighted by atomic mass is 79.9. The van der Waals surface area contributed by atoms with E-state index in [4.69, 9.17) is 0 Å². The molecule has 0 spiro atoms. The first-order valence-electron chi connectivity index (χ1n) is 13.1. The Morgan fingerprint density at radius 3 is 0.857 bits per heavy atom. The second-order valence-corrected chi connectivity index (χ2v) is 13.7. The highest BCUT2D eigenvalue weighted by Crippen LogP contribution is 2.61.